The fraction of sp³-hybridized carbons (Fsp3) is 0.167. The van der Waals surface area contributed by atoms with Crippen molar-refractivity contribution in [1.82, 2.24) is 0 Å². The molecular formula is C36H29BrN2O6. The van der Waals surface area contributed by atoms with Gasteiger partial charge >= 0.3 is 5.97 Å². The predicted octanol–water partition coefficient (Wildman–Crippen LogP) is 8.23. The van der Waals surface area contributed by atoms with Gasteiger partial charge in [0.15, 0.2) is 11.5 Å². The fourth-order valence-electron chi connectivity index (χ4n) is 5.33. The Kier molecular flexibility index (Phi) is 8.24. The Morgan fingerprint density at radius 1 is 0.978 bits per heavy atom. The number of aryl methyl sites for hydroxylation is 2. The quantitative estimate of drug-likeness (QED) is 0.130. The highest BCUT2D eigenvalue weighted by molar-refractivity contribution is 9.10. The highest BCUT2D eigenvalue weighted by Crippen LogP contribution is 2.45. The number of hydrogen-bond donors (Lipinski definition) is 1. The highest BCUT2D eigenvalue weighted by Gasteiger charge is 2.32. The smallest absolute Gasteiger partial charge is 0.379 e. The number of esters is 1. The molecule has 0 fully saturated rings. The number of hydrogen-bond acceptors (Lipinski definition) is 8. The van der Waals surface area contributed by atoms with Gasteiger partial charge in [0.1, 0.15) is 35.3 Å². The molecule has 0 saturated carbocycles. The molecule has 9 heteroatoms. The van der Waals surface area contributed by atoms with Crippen molar-refractivity contribution in [3.63, 3.8) is 0 Å². The molecule has 4 aromatic carbocycles. The van der Waals surface area contributed by atoms with Crippen molar-refractivity contribution in [3.05, 3.63) is 128 Å². The van der Waals surface area contributed by atoms with Crippen LogP contribution in [0.1, 0.15) is 51.2 Å². The van der Waals surface area contributed by atoms with Gasteiger partial charge in [0.25, 0.3) is 0 Å². The Balaban J connectivity index is 1.29. The van der Waals surface area contributed by atoms with Crippen molar-refractivity contribution in [3.8, 4) is 29.1 Å². The van der Waals surface area contributed by atoms with Gasteiger partial charge in [-0.3, -0.25) is 0 Å². The minimum atomic E-state index is -0.643. The van der Waals surface area contributed by atoms with E-state index in [0.717, 1.165) is 21.0 Å². The lowest BCUT2D eigenvalue weighted by Crippen LogP contribution is -2.21. The monoisotopic (exact) mass is 664 g/mol. The first-order valence-electron chi connectivity index (χ1n) is 14.3. The van der Waals surface area contributed by atoms with Crippen LogP contribution in [-0.2, 0) is 6.61 Å². The molecule has 0 aliphatic carbocycles. The Hall–Kier alpha value is -5.20. The number of carbonyl (C=O) groups is 1. The van der Waals surface area contributed by atoms with E-state index in [1.165, 1.54) is 5.56 Å². The van der Waals surface area contributed by atoms with Crippen LogP contribution in [0.5, 0.6) is 23.0 Å². The van der Waals surface area contributed by atoms with Gasteiger partial charge in [0.2, 0.25) is 11.6 Å². The summed E-state index contributed by atoms with van der Waals surface area (Å²) < 4.78 is 30.3. The first-order valence-corrected chi connectivity index (χ1v) is 15.1. The number of allylic oxidation sites excluding steroid dienone is 1. The SMILES string of the molecule is CCOc1cc(C2C(C#N)=C(N)Oc3cc(OC(=O)c4oc5cc(Br)ccc5c4C)ccc32)ccc1OCc1ccc(C)cc1. The third kappa shape index (κ3) is 5.97. The minimum absolute atomic E-state index is 0.0326. The number of nitrogens with two attached hydrogens (primary N) is 1. The number of fused-ring (bicyclic) bond motifs is 2. The van der Waals surface area contributed by atoms with Gasteiger partial charge in [-0.25, -0.2) is 4.79 Å². The Morgan fingerprint density at radius 3 is 2.53 bits per heavy atom. The molecule has 0 bridgehead atoms. The maximum absolute atomic E-state index is 13.1. The van der Waals surface area contributed by atoms with E-state index in [-0.39, 0.29) is 23.0 Å². The highest BCUT2D eigenvalue weighted by atomic mass is 79.9. The van der Waals surface area contributed by atoms with Crippen molar-refractivity contribution in [2.45, 2.75) is 33.3 Å². The van der Waals surface area contributed by atoms with Gasteiger partial charge in [-0.2, -0.15) is 5.26 Å². The van der Waals surface area contributed by atoms with Gasteiger partial charge in [0.05, 0.1) is 12.5 Å². The molecular weight excluding hydrogens is 636 g/mol. The number of nitrogens with zero attached hydrogens (tertiary/aromatic N) is 1. The van der Waals surface area contributed by atoms with Crippen molar-refractivity contribution >= 4 is 32.9 Å². The largest absolute Gasteiger partial charge is 0.490 e. The van der Waals surface area contributed by atoms with Crippen molar-refractivity contribution in [2.24, 2.45) is 5.73 Å². The number of ether oxygens (including phenoxy) is 4. The number of carbonyl (C=O) groups excluding carboxylic acids is 1. The molecule has 1 aromatic heterocycles. The standard InChI is InChI=1S/C36H29BrN2O6/c1-4-41-32-15-23(9-14-29(32)42-19-22-7-5-20(2)6-8-22)33-27-13-11-25(17-31(27)45-35(39)28(33)18-38)43-36(40)34-21(3)26-12-10-24(37)16-30(26)44-34/h5-17,33H,4,19,39H2,1-3H3. The predicted molar refractivity (Wildman–Crippen MR) is 172 cm³/mol. The fourth-order valence-corrected chi connectivity index (χ4v) is 5.67. The van der Waals surface area contributed by atoms with E-state index in [0.29, 0.717) is 47.2 Å². The maximum Gasteiger partial charge on any atom is 0.379 e. The number of rotatable bonds is 8. The molecule has 1 aliphatic rings. The first-order chi connectivity index (χ1) is 21.7. The Labute approximate surface area is 268 Å². The summed E-state index contributed by atoms with van der Waals surface area (Å²) in [4.78, 5) is 13.1. The van der Waals surface area contributed by atoms with Crippen LogP contribution in [0.4, 0.5) is 0 Å². The average molecular weight is 666 g/mol. The molecule has 0 saturated heterocycles. The van der Waals surface area contributed by atoms with Gasteiger partial charge in [-0.1, -0.05) is 57.9 Å². The summed E-state index contributed by atoms with van der Waals surface area (Å²) in [6.45, 7) is 6.55. The van der Waals surface area contributed by atoms with E-state index < -0.39 is 11.9 Å². The second kappa shape index (κ2) is 12.4. The van der Waals surface area contributed by atoms with Crippen molar-refractivity contribution in [2.75, 3.05) is 6.61 Å². The number of benzene rings is 4. The number of nitriles is 1. The van der Waals surface area contributed by atoms with Gasteiger partial charge < -0.3 is 29.1 Å². The second-order valence-corrected chi connectivity index (χ2v) is 11.5. The lowest BCUT2D eigenvalue weighted by atomic mass is 9.83. The van der Waals surface area contributed by atoms with Crippen molar-refractivity contribution in [1.29, 1.82) is 5.26 Å². The maximum atomic E-state index is 13.1. The normalized spacial score (nSPS) is 14.0. The number of furan rings is 1. The first kappa shape index (κ1) is 29.9. The molecule has 2 N–H and O–H groups in total. The zero-order valence-electron chi connectivity index (χ0n) is 24.8. The van der Waals surface area contributed by atoms with Crippen LogP contribution in [0.15, 0.2) is 99.2 Å². The van der Waals surface area contributed by atoms with Crippen molar-refractivity contribution < 1.29 is 28.2 Å². The average Bonchev–Trinajstić information content (AvgIpc) is 3.35. The third-order valence-corrected chi connectivity index (χ3v) is 8.10. The molecule has 8 nitrogen and oxygen atoms in total. The summed E-state index contributed by atoms with van der Waals surface area (Å²) in [5.74, 6) is 0.616. The molecule has 0 radical (unpaired) electrons. The second-order valence-electron chi connectivity index (χ2n) is 10.6. The zero-order chi connectivity index (χ0) is 31.7. The number of halogens is 1. The molecule has 1 unspecified atom stereocenters. The van der Waals surface area contributed by atoms with Crippen LogP contribution in [0.3, 0.4) is 0 Å². The topological polar surface area (TPSA) is 117 Å². The zero-order valence-corrected chi connectivity index (χ0v) is 26.4. The molecule has 45 heavy (non-hydrogen) atoms. The van der Waals surface area contributed by atoms with E-state index in [4.69, 9.17) is 29.1 Å². The summed E-state index contributed by atoms with van der Waals surface area (Å²) in [5.41, 5.74) is 11.4. The van der Waals surface area contributed by atoms with Crippen LogP contribution in [0.2, 0.25) is 0 Å². The van der Waals surface area contributed by atoms with Crippen LogP contribution < -0.4 is 24.7 Å². The van der Waals surface area contributed by atoms with Crippen LogP contribution in [0, 0.1) is 25.2 Å². The third-order valence-electron chi connectivity index (χ3n) is 7.60. The summed E-state index contributed by atoms with van der Waals surface area (Å²) >= 11 is 3.42. The minimum Gasteiger partial charge on any atom is -0.490 e. The van der Waals surface area contributed by atoms with E-state index >= 15 is 0 Å². The van der Waals surface area contributed by atoms with E-state index in [1.807, 2.05) is 68.4 Å². The molecule has 1 aliphatic heterocycles. The molecule has 0 amide bonds. The van der Waals surface area contributed by atoms with Crippen LogP contribution >= 0.6 is 15.9 Å². The lowest BCUT2D eigenvalue weighted by Gasteiger charge is -2.27. The summed E-state index contributed by atoms with van der Waals surface area (Å²) in [6, 6.07) is 26.5. The molecule has 1 atom stereocenters. The Bertz CT molecular complexity index is 2010. The lowest BCUT2D eigenvalue weighted by molar-refractivity contribution is 0.0702. The van der Waals surface area contributed by atoms with Gasteiger partial charge in [-0.15, -0.1) is 0 Å². The molecule has 2 heterocycles. The van der Waals surface area contributed by atoms with E-state index in [2.05, 4.69) is 22.0 Å². The Morgan fingerprint density at radius 2 is 1.78 bits per heavy atom. The molecule has 0 spiro atoms. The van der Waals surface area contributed by atoms with Gasteiger partial charge in [-0.05, 0) is 68.3 Å². The summed E-state index contributed by atoms with van der Waals surface area (Å²) in [7, 11) is 0. The van der Waals surface area contributed by atoms with E-state index in [9.17, 15) is 10.1 Å². The summed E-state index contributed by atoms with van der Waals surface area (Å²) in [6.07, 6.45) is 0. The molecule has 5 aromatic rings. The van der Waals surface area contributed by atoms with E-state index in [1.54, 1.807) is 31.2 Å². The van der Waals surface area contributed by atoms with Gasteiger partial charge in [0, 0.05) is 27.1 Å². The molecule has 6 rings (SSSR count). The summed E-state index contributed by atoms with van der Waals surface area (Å²) in [5, 5.41) is 10.9. The molecule has 226 valence electrons. The van der Waals surface area contributed by atoms with Crippen LogP contribution in [-0.4, -0.2) is 12.6 Å². The van der Waals surface area contributed by atoms with Crippen LogP contribution in [0.25, 0.3) is 11.0 Å².